The number of benzene rings is 2. The zero-order valence-electron chi connectivity index (χ0n) is 28.0. The standard InChI is InChI=1S/C35H42N2O11/c1-7-46-35(40)48-31-26(42-3)12-18(13-27(31)43-4)33(38)47-28-14-19-17-37-11-10-22-21-9-8-20(41-2)15-24(21)36-30(22)25(37)16-23(19)29(32(28)44-5)34(39)45-6/h8-9,12-13,15,19,23,25,28-29,32,36H,7,10-11,14,16-17H2,1-6H3/t19-,23+,25+,28-,29-,32-/m1/s1. The van der Waals surface area contributed by atoms with Crippen molar-refractivity contribution in [3.63, 3.8) is 0 Å². The Labute approximate surface area is 278 Å². The lowest BCUT2D eigenvalue weighted by molar-refractivity contribution is -0.176. The quantitative estimate of drug-likeness (QED) is 0.192. The molecule has 1 saturated heterocycles. The van der Waals surface area contributed by atoms with Gasteiger partial charge in [-0.25, -0.2) is 9.59 Å². The second-order valence-electron chi connectivity index (χ2n) is 12.3. The molecule has 0 spiro atoms. The molecule has 1 saturated carbocycles. The summed E-state index contributed by atoms with van der Waals surface area (Å²) in [7, 11) is 7.30. The number of hydrogen-bond donors (Lipinski definition) is 1. The van der Waals surface area contributed by atoms with Crippen LogP contribution in [0.25, 0.3) is 10.9 Å². The highest BCUT2D eigenvalue weighted by molar-refractivity contribution is 5.92. The molecule has 0 bridgehead atoms. The van der Waals surface area contributed by atoms with Gasteiger partial charge in [-0.2, -0.15) is 0 Å². The van der Waals surface area contributed by atoms with Crippen LogP contribution in [0.1, 0.15) is 47.4 Å². The van der Waals surface area contributed by atoms with Crippen LogP contribution in [0.15, 0.2) is 30.3 Å². The number of carbonyl (C=O) groups excluding carboxylic acids is 3. The molecule has 13 nitrogen and oxygen atoms in total. The molecule has 2 aromatic carbocycles. The number of methoxy groups -OCH3 is 5. The van der Waals surface area contributed by atoms with Gasteiger partial charge >= 0.3 is 18.1 Å². The van der Waals surface area contributed by atoms with Crippen LogP contribution in [0.4, 0.5) is 4.79 Å². The molecule has 0 radical (unpaired) electrons. The number of aromatic nitrogens is 1. The lowest BCUT2D eigenvalue weighted by Crippen LogP contribution is -2.58. The lowest BCUT2D eigenvalue weighted by Gasteiger charge is -2.52. The predicted molar refractivity (Wildman–Crippen MR) is 172 cm³/mol. The maximum atomic E-state index is 13.7. The van der Waals surface area contributed by atoms with Crippen molar-refractivity contribution < 1.29 is 52.3 Å². The van der Waals surface area contributed by atoms with Crippen molar-refractivity contribution in [2.24, 2.45) is 17.8 Å². The van der Waals surface area contributed by atoms with Gasteiger partial charge in [-0.15, -0.1) is 0 Å². The highest BCUT2D eigenvalue weighted by Gasteiger charge is 2.54. The molecule has 0 unspecified atom stereocenters. The third-order valence-corrected chi connectivity index (χ3v) is 10.0. The average molecular weight is 667 g/mol. The number of hydrogen-bond acceptors (Lipinski definition) is 12. The van der Waals surface area contributed by atoms with Crippen LogP contribution in [0.3, 0.4) is 0 Å². The van der Waals surface area contributed by atoms with Crippen LogP contribution in [-0.4, -0.2) is 95.4 Å². The number of nitrogens with one attached hydrogen (secondary N) is 1. The maximum absolute atomic E-state index is 13.7. The summed E-state index contributed by atoms with van der Waals surface area (Å²) in [5.74, 6) is -0.833. The van der Waals surface area contributed by atoms with E-state index in [1.165, 1.54) is 57.2 Å². The van der Waals surface area contributed by atoms with Gasteiger partial charge in [-0.3, -0.25) is 9.69 Å². The van der Waals surface area contributed by atoms with Gasteiger partial charge in [0.05, 0.1) is 52.6 Å². The van der Waals surface area contributed by atoms with Crippen LogP contribution in [0.5, 0.6) is 23.0 Å². The van der Waals surface area contributed by atoms with E-state index < -0.39 is 36.2 Å². The zero-order valence-corrected chi connectivity index (χ0v) is 28.0. The Bertz CT molecular complexity index is 1660. The monoisotopic (exact) mass is 666 g/mol. The second kappa shape index (κ2) is 13.9. The van der Waals surface area contributed by atoms with Gasteiger partial charge < -0.3 is 42.9 Å². The Morgan fingerprint density at radius 3 is 2.35 bits per heavy atom. The number of esters is 2. The molecule has 258 valence electrons. The topological polar surface area (TPSA) is 144 Å². The molecule has 6 rings (SSSR count). The average Bonchev–Trinajstić information content (AvgIpc) is 3.48. The van der Waals surface area contributed by atoms with Gasteiger partial charge in [0.1, 0.15) is 18.0 Å². The van der Waals surface area contributed by atoms with Crippen LogP contribution >= 0.6 is 0 Å². The highest BCUT2D eigenvalue weighted by Crippen LogP contribution is 2.51. The predicted octanol–water partition coefficient (Wildman–Crippen LogP) is 4.70. The number of piperidine rings is 1. The van der Waals surface area contributed by atoms with Crippen LogP contribution in [-0.2, 0) is 30.2 Å². The smallest absolute Gasteiger partial charge is 0.497 e. The maximum Gasteiger partial charge on any atom is 0.514 e. The van der Waals surface area contributed by atoms with E-state index in [9.17, 15) is 14.4 Å². The Morgan fingerprint density at radius 2 is 1.71 bits per heavy atom. The van der Waals surface area contributed by atoms with Crippen molar-refractivity contribution in [3.05, 3.63) is 47.2 Å². The number of ether oxygens (including phenoxy) is 8. The summed E-state index contributed by atoms with van der Waals surface area (Å²) < 4.78 is 43.8. The van der Waals surface area contributed by atoms with E-state index in [0.29, 0.717) is 6.42 Å². The Hall–Kier alpha value is -4.49. The normalized spacial score (nSPS) is 24.8. The summed E-state index contributed by atoms with van der Waals surface area (Å²) in [5, 5.41) is 1.19. The van der Waals surface area contributed by atoms with Crippen molar-refractivity contribution in [1.82, 2.24) is 9.88 Å². The fourth-order valence-electron chi connectivity index (χ4n) is 7.89. The summed E-state index contributed by atoms with van der Waals surface area (Å²) in [6.07, 6.45) is -0.298. The third-order valence-electron chi connectivity index (χ3n) is 10.0. The van der Waals surface area contributed by atoms with Gasteiger partial charge in [0, 0.05) is 42.9 Å². The second-order valence-corrected chi connectivity index (χ2v) is 12.3. The van der Waals surface area contributed by atoms with Gasteiger partial charge in [-0.1, -0.05) is 0 Å². The largest absolute Gasteiger partial charge is 0.514 e. The first-order valence-corrected chi connectivity index (χ1v) is 16.1. The number of carbonyl (C=O) groups is 3. The van der Waals surface area contributed by atoms with Gasteiger partial charge in [0.25, 0.3) is 0 Å². The van der Waals surface area contributed by atoms with E-state index in [0.717, 1.165) is 37.2 Å². The molecule has 3 aliphatic rings. The Balaban J connectivity index is 1.27. The fourth-order valence-corrected chi connectivity index (χ4v) is 7.89. The lowest BCUT2D eigenvalue weighted by atomic mass is 9.63. The van der Waals surface area contributed by atoms with E-state index in [-0.39, 0.29) is 47.3 Å². The van der Waals surface area contributed by atoms with Crippen LogP contribution < -0.4 is 18.9 Å². The highest BCUT2D eigenvalue weighted by atomic mass is 16.7. The van der Waals surface area contributed by atoms with E-state index in [2.05, 4.69) is 16.0 Å². The molecule has 3 heterocycles. The summed E-state index contributed by atoms with van der Waals surface area (Å²) in [5.41, 5.74) is 3.62. The van der Waals surface area contributed by atoms with E-state index in [4.69, 9.17) is 37.9 Å². The van der Waals surface area contributed by atoms with Crippen molar-refractivity contribution in [2.75, 3.05) is 55.2 Å². The number of fused-ring (bicyclic) bond motifs is 6. The van der Waals surface area contributed by atoms with E-state index in [1.54, 1.807) is 14.0 Å². The third kappa shape index (κ3) is 6.00. The molecular formula is C35H42N2O11. The zero-order chi connectivity index (χ0) is 34.1. The molecule has 1 N–H and O–H groups in total. The van der Waals surface area contributed by atoms with Crippen molar-refractivity contribution >= 4 is 29.0 Å². The first kappa shape index (κ1) is 33.4. The number of nitrogens with zero attached hydrogens (tertiary/aromatic N) is 1. The van der Waals surface area contributed by atoms with Gasteiger partial charge in [0.2, 0.25) is 5.75 Å². The van der Waals surface area contributed by atoms with Crippen molar-refractivity contribution in [2.45, 2.75) is 44.4 Å². The molecule has 0 amide bonds. The molecular weight excluding hydrogens is 624 g/mol. The SMILES string of the molecule is CCOC(=O)Oc1c(OC)cc(C(=O)O[C@@H]2C[C@@H]3CN4CCc5c([nH]c6cc(OC)ccc56)[C@@H]4C[C@@H]3[C@@H](C(=O)OC)[C@@H]2OC)cc1OC. The minimum absolute atomic E-state index is 0.0356. The molecule has 1 aromatic heterocycles. The molecule has 48 heavy (non-hydrogen) atoms. The van der Waals surface area contributed by atoms with Crippen molar-refractivity contribution in [3.8, 4) is 23.0 Å². The first-order valence-electron chi connectivity index (χ1n) is 16.1. The van der Waals surface area contributed by atoms with Crippen LogP contribution in [0.2, 0.25) is 0 Å². The fraction of sp³-hybridized carbons (Fsp3) is 0.514. The number of H-pyrrole nitrogens is 1. The Morgan fingerprint density at radius 1 is 0.958 bits per heavy atom. The number of aromatic amines is 1. The molecule has 13 heteroatoms. The summed E-state index contributed by atoms with van der Waals surface area (Å²) in [6.45, 7) is 3.37. The molecule has 1 aliphatic carbocycles. The van der Waals surface area contributed by atoms with E-state index in [1.807, 2.05) is 12.1 Å². The van der Waals surface area contributed by atoms with E-state index >= 15 is 0 Å². The molecule has 2 aliphatic heterocycles. The van der Waals surface area contributed by atoms with Gasteiger partial charge in [0.15, 0.2) is 11.5 Å². The molecule has 6 atom stereocenters. The van der Waals surface area contributed by atoms with Crippen molar-refractivity contribution in [1.29, 1.82) is 0 Å². The number of rotatable bonds is 9. The van der Waals surface area contributed by atoms with Gasteiger partial charge in [-0.05, 0) is 67.9 Å². The minimum atomic E-state index is -0.942. The molecule has 3 aromatic rings. The summed E-state index contributed by atoms with van der Waals surface area (Å²) in [6, 6.07) is 9.00. The molecule has 2 fully saturated rings. The summed E-state index contributed by atoms with van der Waals surface area (Å²) >= 11 is 0. The first-order chi connectivity index (χ1) is 23.2. The minimum Gasteiger partial charge on any atom is -0.497 e. The Kier molecular flexibility index (Phi) is 9.70. The van der Waals surface area contributed by atoms with Crippen LogP contribution in [0, 0.1) is 17.8 Å². The summed E-state index contributed by atoms with van der Waals surface area (Å²) in [4.78, 5) is 45.3.